The standard InChI is InChI=1S/C16H15N3O3/c1-10-6-8-11(9-7-10)18-15(21)16(22)19-14(20)12-4-2-3-5-13(12)17/h2-9H,17H2,1H3,(H,18,21)(H,19,20,22). The van der Waals surface area contributed by atoms with Crippen molar-refractivity contribution in [2.75, 3.05) is 11.1 Å². The molecule has 0 saturated heterocycles. The number of rotatable bonds is 2. The average molecular weight is 297 g/mol. The Bertz CT molecular complexity index is 724. The van der Waals surface area contributed by atoms with Crippen molar-refractivity contribution >= 4 is 29.1 Å². The molecule has 0 fully saturated rings. The smallest absolute Gasteiger partial charge is 0.316 e. The van der Waals surface area contributed by atoms with E-state index in [1.807, 2.05) is 12.2 Å². The number of aryl methyl sites for hydroxylation is 1. The maximum Gasteiger partial charge on any atom is 0.316 e. The topological polar surface area (TPSA) is 101 Å². The van der Waals surface area contributed by atoms with Gasteiger partial charge in [0.15, 0.2) is 0 Å². The van der Waals surface area contributed by atoms with Gasteiger partial charge >= 0.3 is 11.8 Å². The highest BCUT2D eigenvalue weighted by Crippen LogP contribution is 2.10. The Balaban J connectivity index is 1.99. The lowest BCUT2D eigenvalue weighted by Crippen LogP contribution is -2.39. The second-order valence-corrected chi connectivity index (χ2v) is 4.69. The molecule has 0 saturated carbocycles. The lowest BCUT2D eigenvalue weighted by Gasteiger charge is -2.07. The maximum atomic E-state index is 11.9. The summed E-state index contributed by atoms with van der Waals surface area (Å²) in [5, 5.41) is 4.40. The Morgan fingerprint density at radius 2 is 1.55 bits per heavy atom. The largest absolute Gasteiger partial charge is 0.398 e. The van der Waals surface area contributed by atoms with E-state index in [1.165, 1.54) is 12.1 Å². The molecule has 0 heterocycles. The Hall–Kier alpha value is -3.15. The minimum atomic E-state index is -1.05. The van der Waals surface area contributed by atoms with Gasteiger partial charge in [0.05, 0.1) is 5.56 Å². The van der Waals surface area contributed by atoms with Crippen molar-refractivity contribution in [3.63, 3.8) is 0 Å². The Kier molecular flexibility index (Phi) is 4.53. The van der Waals surface area contributed by atoms with Crippen LogP contribution < -0.4 is 16.4 Å². The molecule has 0 aromatic heterocycles. The number of carbonyl (C=O) groups excluding carboxylic acids is 3. The summed E-state index contributed by atoms with van der Waals surface area (Å²) in [4.78, 5) is 35.4. The Morgan fingerprint density at radius 1 is 0.909 bits per heavy atom. The molecule has 0 aliphatic heterocycles. The van der Waals surface area contributed by atoms with Gasteiger partial charge in [-0.15, -0.1) is 0 Å². The van der Waals surface area contributed by atoms with Gasteiger partial charge in [-0.05, 0) is 31.2 Å². The van der Waals surface area contributed by atoms with E-state index in [2.05, 4.69) is 5.32 Å². The van der Waals surface area contributed by atoms with Gasteiger partial charge in [-0.2, -0.15) is 0 Å². The molecule has 2 rings (SSSR count). The summed E-state index contributed by atoms with van der Waals surface area (Å²) in [6, 6.07) is 13.2. The first kappa shape index (κ1) is 15.2. The summed E-state index contributed by atoms with van der Waals surface area (Å²) in [6.45, 7) is 1.90. The third-order valence-corrected chi connectivity index (χ3v) is 2.95. The van der Waals surface area contributed by atoms with Gasteiger partial charge in [0.25, 0.3) is 5.91 Å². The molecule has 0 atom stereocenters. The van der Waals surface area contributed by atoms with Crippen LogP contribution in [0, 0.1) is 6.92 Å². The van der Waals surface area contributed by atoms with Gasteiger partial charge < -0.3 is 11.1 Å². The molecule has 2 aromatic carbocycles. The summed E-state index contributed by atoms with van der Waals surface area (Å²) in [7, 11) is 0. The highest BCUT2D eigenvalue weighted by atomic mass is 16.2. The molecule has 22 heavy (non-hydrogen) atoms. The van der Waals surface area contributed by atoms with Gasteiger partial charge in [0, 0.05) is 11.4 Å². The third-order valence-electron chi connectivity index (χ3n) is 2.95. The Labute approximate surface area is 127 Å². The van der Waals surface area contributed by atoms with Gasteiger partial charge in [-0.3, -0.25) is 19.7 Å². The van der Waals surface area contributed by atoms with E-state index in [0.29, 0.717) is 5.69 Å². The van der Waals surface area contributed by atoms with Crippen molar-refractivity contribution in [1.82, 2.24) is 5.32 Å². The number of para-hydroxylation sites is 1. The highest BCUT2D eigenvalue weighted by Gasteiger charge is 2.19. The highest BCUT2D eigenvalue weighted by molar-refractivity contribution is 6.42. The zero-order valence-corrected chi connectivity index (χ0v) is 11.9. The van der Waals surface area contributed by atoms with Crippen LogP contribution >= 0.6 is 0 Å². The van der Waals surface area contributed by atoms with E-state index < -0.39 is 17.7 Å². The number of carbonyl (C=O) groups is 3. The van der Waals surface area contributed by atoms with Gasteiger partial charge in [0.1, 0.15) is 0 Å². The van der Waals surface area contributed by atoms with Crippen molar-refractivity contribution in [3.8, 4) is 0 Å². The molecule has 2 aromatic rings. The number of amides is 3. The molecule has 0 bridgehead atoms. The van der Waals surface area contributed by atoms with Crippen molar-refractivity contribution < 1.29 is 14.4 Å². The van der Waals surface area contributed by atoms with Crippen LogP contribution in [0.3, 0.4) is 0 Å². The molecule has 0 aliphatic carbocycles. The van der Waals surface area contributed by atoms with Crippen molar-refractivity contribution in [1.29, 1.82) is 0 Å². The first-order valence-electron chi connectivity index (χ1n) is 6.55. The summed E-state index contributed by atoms with van der Waals surface area (Å²) in [5.74, 6) is -2.69. The fraction of sp³-hybridized carbons (Fsp3) is 0.0625. The number of benzene rings is 2. The van der Waals surface area contributed by atoms with Crippen molar-refractivity contribution in [3.05, 3.63) is 59.7 Å². The summed E-state index contributed by atoms with van der Waals surface area (Å²) in [6.07, 6.45) is 0. The van der Waals surface area contributed by atoms with Crippen LogP contribution in [0.1, 0.15) is 15.9 Å². The maximum absolute atomic E-state index is 11.9. The van der Waals surface area contributed by atoms with Crippen LogP contribution in [-0.2, 0) is 9.59 Å². The predicted molar refractivity (Wildman–Crippen MR) is 83.1 cm³/mol. The van der Waals surface area contributed by atoms with Crippen molar-refractivity contribution in [2.45, 2.75) is 6.92 Å². The van der Waals surface area contributed by atoms with Gasteiger partial charge in [-0.1, -0.05) is 29.8 Å². The summed E-state index contributed by atoms with van der Waals surface area (Å²) in [5.41, 5.74) is 7.50. The summed E-state index contributed by atoms with van der Waals surface area (Å²) >= 11 is 0. The van der Waals surface area contributed by atoms with Crippen LogP contribution in [0.25, 0.3) is 0 Å². The lowest BCUT2D eigenvalue weighted by atomic mass is 10.1. The second-order valence-electron chi connectivity index (χ2n) is 4.69. The van der Waals surface area contributed by atoms with E-state index in [1.54, 1.807) is 36.4 Å². The molecule has 6 heteroatoms. The molecule has 0 unspecified atom stereocenters. The first-order valence-corrected chi connectivity index (χ1v) is 6.55. The number of nitrogens with one attached hydrogen (secondary N) is 2. The molecule has 0 aliphatic rings. The molecule has 3 amide bonds. The molecule has 4 N–H and O–H groups in total. The van der Waals surface area contributed by atoms with E-state index in [0.717, 1.165) is 5.56 Å². The fourth-order valence-electron chi connectivity index (χ4n) is 1.76. The number of anilines is 2. The number of hydrogen-bond acceptors (Lipinski definition) is 4. The monoisotopic (exact) mass is 297 g/mol. The molecule has 0 spiro atoms. The van der Waals surface area contributed by atoms with Crippen LogP contribution in [0.15, 0.2) is 48.5 Å². The zero-order chi connectivity index (χ0) is 16.1. The van der Waals surface area contributed by atoms with E-state index in [9.17, 15) is 14.4 Å². The van der Waals surface area contributed by atoms with Crippen LogP contribution in [0.2, 0.25) is 0 Å². The first-order chi connectivity index (χ1) is 10.5. The second kappa shape index (κ2) is 6.53. The van der Waals surface area contributed by atoms with E-state index in [4.69, 9.17) is 5.73 Å². The number of hydrogen-bond donors (Lipinski definition) is 3. The van der Waals surface area contributed by atoms with E-state index in [-0.39, 0.29) is 11.3 Å². The van der Waals surface area contributed by atoms with Crippen LogP contribution in [0.4, 0.5) is 11.4 Å². The average Bonchev–Trinajstić information content (AvgIpc) is 2.49. The van der Waals surface area contributed by atoms with E-state index >= 15 is 0 Å². The summed E-state index contributed by atoms with van der Waals surface area (Å²) < 4.78 is 0. The SMILES string of the molecule is Cc1ccc(NC(=O)C(=O)NC(=O)c2ccccc2N)cc1. The van der Waals surface area contributed by atoms with Gasteiger partial charge in [0.2, 0.25) is 0 Å². The molecule has 112 valence electrons. The quantitative estimate of drug-likeness (QED) is 0.577. The number of nitrogen functional groups attached to an aromatic ring is 1. The zero-order valence-electron chi connectivity index (χ0n) is 11.9. The number of nitrogens with two attached hydrogens (primary N) is 1. The molecular weight excluding hydrogens is 282 g/mol. The van der Waals surface area contributed by atoms with Crippen LogP contribution in [-0.4, -0.2) is 17.7 Å². The molecule has 6 nitrogen and oxygen atoms in total. The predicted octanol–water partition coefficient (Wildman–Crippen LogP) is 1.47. The van der Waals surface area contributed by atoms with Crippen molar-refractivity contribution in [2.24, 2.45) is 0 Å². The molecular formula is C16H15N3O3. The molecule has 0 radical (unpaired) electrons. The van der Waals surface area contributed by atoms with Gasteiger partial charge in [-0.25, -0.2) is 0 Å². The number of imide groups is 1. The Morgan fingerprint density at radius 3 is 2.18 bits per heavy atom. The fourth-order valence-corrected chi connectivity index (χ4v) is 1.76. The minimum Gasteiger partial charge on any atom is -0.398 e. The normalized spacial score (nSPS) is 9.86. The van der Waals surface area contributed by atoms with Crippen LogP contribution in [0.5, 0.6) is 0 Å². The lowest BCUT2D eigenvalue weighted by molar-refractivity contribution is -0.135. The minimum absolute atomic E-state index is 0.138. The third kappa shape index (κ3) is 3.69.